The van der Waals surface area contributed by atoms with Crippen molar-refractivity contribution in [1.29, 1.82) is 0 Å². The van der Waals surface area contributed by atoms with Crippen molar-refractivity contribution in [2.24, 2.45) is 10.8 Å². The van der Waals surface area contributed by atoms with Crippen LogP contribution in [-0.2, 0) is 27.5 Å². The van der Waals surface area contributed by atoms with Gasteiger partial charge in [-0.25, -0.2) is 14.8 Å². The summed E-state index contributed by atoms with van der Waals surface area (Å²) in [4.78, 5) is 96.5. The number of carbonyl (C=O) groups is 6. The molecule has 58 heavy (non-hydrogen) atoms. The number of benzene rings is 2. The molecule has 1 unspecified atom stereocenters. The number of nitrogens with one attached hydrogen (secondary N) is 2. The lowest BCUT2D eigenvalue weighted by Crippen LogP contribution is -2.74. The van der Waals surface area contributed by atoms with E-state index in [2.05, 4.69) is 30.3 Å². The fourth-order valence-electron chi connectivity index (χ4n) is 9.35. The maximum Gasteiger partial charge on any atom is 0.262 e. The molecule has 0 bridgehead atoms. The Morgan fingerprint density at radius 2 is 1.57 bits per heavy atom. The summed E-state index contributed by atoms with van der Waals surface area (Å²) in [6, 6.07) is 7.06. The summed E-state index contributed by atoms with van der Waals surface area (Å²) in [5, 5.41) is 5.70. The predicted octanol–water partition coefficient (Wildman–Crippen LogP) is 3.36. The number of hydrogen-bond acceptors (Lipinski definition) is 11. The van der Waals surface area contributed by atoms with Gasteiger partial charge < -0.3 is 19.9 Å². The fraction of sp³-hybridized carbons (Fsp3) is 0.439. The number of rotatable bonds is 8. The quantitative estimate of drug-likeness (QED) is 0.252. The minimum absolute atomic E-state index is 0.0478. The van der Waals surface area contributed by atoms with Crippen molar-refractivity contribution in [3.05, 3.63) is 87.0 Å². The van der Waals surface area contributed by atoms with E-state index in [1.54, 1.807) is 35.2 Å². The largest absolute Gasteiger partial charge is 0.489 e. The van der Waals surface area contributed by atoms with Gasteiger partial charge in [-0.1, -0.05) is 45.4 Å². The number of fused-ring (bicyclic) bond motifs is 2. The molecule has 3 aromatic rings. The number of nitrogens with zero attached hydrogens (tertiary/aromatic N) is 7. The zero-order chi connectivity index (χ0) is 41.3. The topological polar surface area (TPSA) is 179 Å². The molecule has 0 spiro atoms. The van der Waals surface area contributed by atoms with Crippen molar-refractivity contribution in [2.45, 2.75) is 71.8 Å². The Labute approximate surface area is 339 Å². The number of piperidine rings is 1. The molecule has 300 valence electrons. The van der Waals surface area contributed by atoms with Crippen LogP contribution in [0.1, 0.15) is 82.7 Å². The third-order valence-electron chi connectivity index (χ3n) is 12.2. The van der Waals surface area contributed by atoms with Crippen molar-refractivity contribution in [3.63, 3.8) is 0 Å². The smallest absolute Gasteiger partial charge is 0.262 e. The van der Waals surface area contributed by atoms with Crippen LogP contribution in [0, 0.1) is 17.4 Å². The highest BCUT2D eigenvalue weighted by molar-refractivity contribution is 6.33. The third-order valence-corrected chi connectivity index (χ3v) is 12.5. The number of hydrogen-bond donors (Lipinski definition) is 2. The van der Waals surface area contributed by atoms with Crippen LogP contribution < -0.4 is 20.3 Å². The Morgan fingerprint density at radius 3 is 2.14 bits per heavy atom. The maximum absolute atomic E-state index is 13.4. The summed E-state index contributed by atoms with van der Waals surface area (Å²) >= 11 is 6.23. The van der Waals surface area contributed by atoms with Crippen LogP contribution in [-0.4, -0.2) is 111 Å². The van der Waals surface area contributed by atoms with Gasteiger partial charge in [-0.15, -0.1) is 0 Å². The number of amides is 6. The molecule has 17 heteroatoms. The molecule has 1 aromatic heterocycles. The first-order valence-electron chi connectivity index (χ1n) is 19.2. The van der Waals surface area contributed by atoms with E-state index < -0.39 is 40.5 Å². The van der Waals surface area contributed by atoms with E-state index in [1.165, 1.54) is 12.4 Å². The van der Waals surface area contributed by atoms with E-state index in [4.69, 9.17) is 22.9 Å². The molecular weight excluding hydrogens is 766 g/mol. The maximum atomic E-state index is 13.4. The summed E-state index contributed by atoms with van der Waals surface area (Å²) in [6.45, 7) is 18.5. The van der Waals surface area contributed by atoms with Gasteiger partial charge in [-0.3, -0.25) is 43.9 Å². The van der Waals surface area contributed by atoms with Gasteiger partial charge in [0.2, 0.25) is 29.4 Å². The van der Waals surface area contributed by atoms with E-state index in [0.717, 1.165) is 16.0 Å². The molecule has 1 atom stereocenters. The number of aromatic nitrogens is 2. The lowest BCUT2D eigenvalue weighted by Gasteiger charge is -2.63. The SMILES string of the molecule is [C-]#[N+]c1ccc(OC2C(C)(C)C(NC(=O)c3cnc(N4CCN(CC(=O)N5Cc6cc7c(cc6C5)C(=O)N(C5CCC(=O)NC5=O)C7=O)CC4)nc3)C2(C)C)cc1Cl. The molecule has 5 aliphatic rings. The average Bonchev–Trinajstić information content (AvgIpc) is 3.72. The Bertz CT molecular complexity index is 2260. The van der Waals surface area contributed by atoms with E-state index >= 15 is 0 Å². The van der Waals surface area contributed by atoms with Gasteiger partial charge in [0.05, 0.1) is 34.8 Å². The molecule has 1 aliphatic carbocycles. The second-order valence-corrected chi connectivity index (χ2v) is 17.1. The first-order valence-corrected chi connectivity index (χ1v) is 19.5. The highest BCUT2D eigenvalue weighted by Crippen LogP contribution is 2.55. The van der Waals surface area contributed by atoms with Gasteiger partial charge in [0.25, 0.3) is 17.7 Å². The summed E-state index contributed by atoms with van der Waals surface area (Å²) in [7, 11) is 0. The highest BCUT2D eigenvalue weighted by atomic mass is 35.5. The van der Waals surface area contributed by atoms with Crippen molar-refractivity contribution < 1.29 is 33.5 Å². The first kappa shape index (κ1) is 38.9. The van der Waals surface area contributed by atoms with Crippen LogP contribution in [0.25, 0.3) is 4.85 Å². The number of ether oxygens (including phenoxy) is 1. The van der Waals surface area contributed by atoms with Crippen LogP contribution >= 0.6 is 11.6 Å². The van der Waals surface area contributed by atoms with E-state index in [0.29, 0.717) is 67.2 Å². The molecule has 5 heterocycles. The number of piperazine rings is 1. The molecule has 16 nitrogen and oxygen atoms in total. The number of imide groups is 2. The van der Waals surface area contributed by atoms with Crippen molar-refractivity contribution >= 4 is 58.7 Å². The zero-order valence-corrected chi connectivity index (χ0v) is 33.3. The van der Waals surface area contributed by atoms with Crippen LogP contribution in [0.3, 0.4) is 0 Å². The van der Waals surface area contributed by atoms with Crippen molar-refractivity contribution in [1.82, 2.24) is 35.3 Å². The standard InChI is InChI=1S/C41H42ClN9O7/c1-40(2)37(41(3,4)38(40)58-25-6-7-29(43-5)28(42)16-25)47-33(54)24-17-44-39(45-18-24)49-12-10-48(11-13-49)21-32(53)50-19-22-14-26-27(15-23(22)20-50)36(57)51(35(26)56)30-8-9-31(52)46-34(30)55/h6-7,14-18,30,37-38H,8-13,19-21H2,1-4H3,(H,47,54)(H,46,52,55). The molecule has 4 aliphatic heterocycles. The average molecular weight is 808 g/mol. The fourth-order valence-corrected chi connectivity index (χ4v) is 9.56. The minimum Gasteiger partial charge on any atom is -0.489 e. The molecule has 8 rings (SSSR count). The van der Waals surface area contributed by atoms with E-state index in [1.807, 2.05) is 32.6 Å². The molecular formula is C41H42ClN9O7. The van der Waals surface area contributed by atoms with E-state index in [9.17, 15) is 28.8 Å². The lowest BCUT2D eigenvalue weighted by molar-refractivity contribution is -0.164. The molecule has 2 saturated heterocycles. The number of halogens is 1. The molecule has 2 N–H and O–H groups in total. The predicted molar refractivity (Wildman–Crippen MR) is 209 cm³/mol. The van der Waals surface area contributed by atoms with Crippen LogP contribution in [0.15, 0.2) is 42.7 Å². The van der Waals surface area contributed by atoms with Crippen molar-refractivity contribution in [2.75, 3.05) is 37.6 Å². The second kappa shape index (κ2) is 14.5. The van der Waals surface area contributed by atoms with Gasteiger partial charge >= 0.3 is 0 Å². The molecule has 3 fully saturated rings. The first-order chi connectivity index (χ1) is 27.6. The minimum atomic E-state index is -1.03. The van der Waals surface area contributed by atoms with Gasteiger partial charge in [-0.05, 0) is 41.8 Å². The van der Waals surface area contributed by atoms with Gasteiger partial charge in [-0.2, -0.15) is 0 Å². The van der Waals surface area contributed by atoms with Crippen LogP contribution in [0.2, 0.25) is 5.02 Å². The number of anilines is 1. The van der Waals surface area contributed by atoms with E-state index in [-0.39, 0.29) is 54.5 Å². The van der Waals surface area contributed by atoms with Crippen LogP contribution in [0.4, 0.5) is 11.6 Å². The second-order valence-electron chi connectivity index (χ2n) is 16.7. The Balaban J connectivity index is 0.815. The zero-order valence-electron chi connectivity index (χ0n) is 32.5. The van der Waals surface area contributed by atoms with Gasteiger partial charge in [0.1, 0.15) is 17.9 Å². The normalized spacial score (nSPS) is 23.4. The van der Waals surface area contributed by atoms with Crippen LogP contribution in [0.5, 0.6) is 5.75 Å². The molecule has 2 aromatic carbocycles. The molecule has 1 saturated carbocycles. The molecule has 0 radical (unpaired) electrons. The summed E-state index contributed by atoms with van der Waals surface area (Å²) in [6.07, 6.45) is 2.94. The summed E-state index contributed by atoms with van der Waals surface area (Å²) in [5.41, 5.74) is 1.81. The van der Waals surface area contributed by atoms with Crippen molar-refractivity contribution in [3.8, 4) is 5.75 Å². The number of carbonyl (C=O) groups excluding carboxylic acids is 6. The highest BCUT2D eigenvalue weighted by Gasteiger charge is 2.64. The monoisotopic (exact) mass is 807 g/mol. The Morgan fingerprint density at radius 1 is 0.948 bits per heavy atom. The Kier molecular flexibility index (Phi) is 9.72. The lowest BCUT2D eigenvalue weighted by atomic mass is 9.49. The third kappa shape index (κ3) is 6.71. The Hall–Kier alpha value is -5.92. The van der Waals surface area contributed by atoms with Gasteiger partial charge in [0.15, 0.2) is 0 Å². The summed E-state index contributed by atoms with van der Waals surface area (Å²) in [5.74, 6) is -1.54. The van der Waals surface area contributed by atoms with Gasteiger partial charge in [0, 0.05) is 75.0 Å². The molecule has 6 amide bonds. The summed E-state index contributed by atoms with van der Waals surface area (Å²) < 4.78 is 6.34.